The average molecular weight is 1120 g/mol. The van der Waals surface area contributed by atoms with E-state index in [9.17, 15) is 9.59 Å². The largest absolute Gasteiger partial charge is 0.450 e. The molecule has 1 amide bonds. The van der Waals surface area contributed by atoms with Gasteiger partial charge in [-0.1, -0.05) is 173 Å². The molecule has 6 aliphatic carbocycles. The van der Waals surface area contributed by atoms with Crippen LogP contribution in [0.5, 0.6) is 0 Å². The summed E-state index contributed by atoms with van der Waals surface area (Å²) in [6.07, 6.45) is 16.6. The van der Waals surface area contributed by atoms with Crippen LogP contribution in [0, 0.1) is 5.41 Å². The van der Waals surface area contributed by atoms with Gasteiger partial charge >= 0.3 is 6.09 Å². The van der Waals surface area contributed by atoms with E-state index in [-0.39, 0.29) is 11.9 Å². The van der Waals surface area contributed by atoms with E-state index in [2.05, 4.69) is 221 Å². The normalized spacial score (nSPS) is 17.2. The van der Waals surface area contributed by atoms with Gasteiger partial charge < -0.3 is 19.4 Å². The SMILES string of the molecule is C=C(C)C.C=C(C)CC.C=C1C(=O)C(C)=C1C.C=C1C=C(C)CC(C)(C)C1.C=C1C=C(C)CC1.C=C1C=C(C)c2ccccc21.C=C1CCC(C)=C1N(c1ccccc1)c1ccccc1.C=C1CCC(C)=C1N1CCN(C(=O)OCC)CC1. The second kappa shape index (κ2) is 34.2. The van der Waals surface area contributed by atoms with E-state index < -0.39 is 0 Å². The summed E-state index contributed by atoms with van der Waals surface area (Å²) in [5, 5.41) is 0. The molecule has 1 aliphatic heterocycles. The predicted octanol–water partition coefficient (Wildman–Crippen LogP) is 21.6. The maximum absolute atomic E-state index is 11.6. The summed E-state index contributed by atoms with van der Waals surface area (Å²) in [5.74, 6) is 0.127. The second-order valence-electron chi connectivity index (χ2n) is 23.9. The van der Waals surface area contributed by atoms with Crippen LogP contribution in [-0.4, -0.2) is 54.5 Å². The molecule has 0 spiro atoms. The standard InChI is InChI=1S/C19H19N.C14H22N2O2.C11H10.C10H16.C7H8O.C7H10.C5H10.C4H8/c1-15-13-14-16(2)19(15)20(17-9-5-3-6-10-17)18-11-7-4-8-12-18;1-4-18-14(17)16-9-7-15(8-10-16)13-11(2)5-6-12(13)3;1-8-7-9(2)11-6-4-3-5-10(8)11;1-8-5-9(2)7-10(3,4)6-8;1-4-5(2)7(8)6(4)3;1-6-3-4-7(2)5-6;1-4-5(2)3;1-4(2)3/h3-12H,1,13-14H2,2H3;2,4-10H2,1,3H3;3-7H,1H2,2H3;5H,1,6-7H2,2-4H3;2H2,1,3H3;5H,1,3-4H2,2H3;2,4H2,1,3H3;1H2,2-3H3. The molecule has 0 bridgehead atoms. The van der Waals surface area contributed by atoms with E-state index in [1.807, 2.05) is 41.5 Å². The Morgan fingerprint density at radius 1 is 0.590 bits per heavy atom. The maximum atomic E-state index is 11.6. The Balaban J connectivity index is 0.000000262. The molecule has 7 aliphatic rings. The Kier molecular flexibility index (Phi) is 28.8. The van der Waals surface area contributed by atoms with Crippen LogP contribution in [0.4, 0.5) is 16.2 Å². The molecule has 83 heavy (non-hydrogen) atoms. The van der Waals surface area contributed by atoms with E-state index in [4.69, 9.17) is 4.74 Å². The fourth-order valence-electron chi connectivity index (χ4n) is 10.5. The number of hydrogen-bond donors (Lipinski definition) is 0. The molecule has 6 heteroatoms. The molecule has 0 unspecified atom stereocenters. The Bertz CT molecular complexity index is 2980. The van der Waals surface area contributed by atoms with E-state index >= 15 is 0 Å². The number of anilines is 2. The third-order valence-corrected chi connectivity index (χ3v) is 15.0. The smallest absolute Gasteiger partial charge is 0.409 e. The van der Waals surface area contributed by atoms with Gasteiger partial charge in [0.15, 0.2) is 5.78 Å². The van der Waals surface area contributed by atoms with Crippen LogP contribution in [0.1, 0.15) is 166 Å². The molecule has 444 valence electrons. The first kappa shape index (κ1) is 69.8. The lowest BCUT2D eigenvalue weighted by atomic mass is 9.76. The molecule has 1 fully saturated rings. The van der Waals surface area contributed by atoms with Gasteiger partial charge in [-0.25, -0.2) is 4.79 Å². The van der Waals surface area contributed by atoms with Crippen LogP contribution < -0.4 is 4.90 Å². The number of Topliss-reactive ketones (excluding diaryl/α,β-unsaturated/α-hetero) is 1. The summed E-state index contributed by atoms with van der Waals surface area (Å²) in [5.41, 5.74) is 26.4. The van der Waals surface area contributed by atoms with Gasteiger partial charge in [0, 0.05) is 60.1 Å². The zero-order valence-corrected chi connectivity index (χ0v) is 53.9. The molecule has 0 atom stereocenters. The van der Waals surface area contributed by atoms with Gasteiger partial charge in [0.05, 0.1) is 6.61 Å². The van der Waals surface area contributed by atoms with Crippen molar-refractivity contribution in [1.29, 1.82) is 0 Å². The van der Waals surface area contributed by atoms with Crippen molar-refractivity contribution in [2.24, 2.45) is 5.41 Å². The molecule has 3 aromatic rings. The molecule has 3 aromatic carbocycles. The van der Waals surface area contributed by atoms with E-state index in [0.29, 0.717) is 17.6 Å². The molecular formula is C77H103N3O3. The highest BCUT2D eigenvalue weighted by Gasteiger charge is 2.28. The minimum Gasteiger partial charge on any atom is -0.450 e. The number of ether oxygens (including phenoxy) is 1. The van der Waals surface area contributed by atoms with Crippen LogP contribution in [0.2, 0.25) is 0 Å². The number of nitrogens with zero attached hydrogens (tertiary/aromatic N) is 3. The predicted molar refractivity (Wildman–Crippen MR) is 363 cm³/mol. The topological polar surface area (TPSA) is 53.1 Å². The highest BCUT2D eigenvalue weighted by Crippen LogP contribution is 2.41. The number of piperazine rings is 1. The number of ketones is 1. The number of hydrogen-bond acceptors (Lipinski definition) is 5. The number of carbonyl (C=O) groups is 2. The van der Waals surface area contributed by atoms with Crippen molar-refractivity contribution in [2.75, 3.05) is 37.7 Å². The van der Waals surface area contributed by atoms with Crippen molar-refractivity contribution in [3.05, 3.63) is 251 Å². The maximum Gasteiger partial charge on any atom is 0.409 e. The Hall–Kier alpha value is -7.44. The first-order valence-corrected chi connectivity index (χ1v) is 29.8. The van der Waals surface area contributed by atoms with Gasteiger partial charge in [-0.15, -0.1) is 13.2 Å². The first-order valence-electron chi connectivity index (χ1n) is 29.8. The number of para-hydroxylation sites is 2. The Labute approximate surface area is 504 Å². The van der Waals surface area contributed by atoms with Crippen LogP contribution in [-0.2, 0) is 9.53 Å². The van der Waals surface area contributed by atoms with Gasteiger partial charge in [-0.3, -0.25) is 4.79 Å². The fourth-order valence-corrected chi connectivity index (χ4v) is 10.5. The molecular weight excluding hydrogens is 1010 g/mol. The summed E-state index contributed by atoms with van der Waals surface area (Å²) < 4.78 is 5.02. The highest BCUT2D eigenvalue weighted by molar-refractivity contribution is 6.18. The van der Waals surface area contributed by atoms with E-state index in [0.717, 1.165) is 81.4 Å². The molecule has 1 heterocycles. The molecule has 0 saturated carbocycles. The lowest BCUT2D eigenvalue weighted by Crippen LogP contribution is -2.48. The van der Waals surface area contributed by atoms with Crippen molar-refractivity contribution in [1.82, 2.24) is 9.80 Å². The molecule has 1 saturated heterocycles. The van der Waals surface area contributed by atoms with Crippen LogP contribution in [0.25, 0.3) is 11.1 Å². The zero-order chi connectivity index (χ0) is 62.1. The highest BCUT2D eigenvalue weighted by atomic mass is 16.6. The summed E-state index contributed by atoms with van der Waals surface area (Å²) in [6.45, 7) is 63.8. The van der Waals surface area contributed by atoms with Crippen LogP contribution in [0.15, 0.2) is 240 Å². The second-order valence-corrected chi connectivity index (χ2v) is 23.9. The number of benzene rings is 3. The zero-order valence-electron chi connectivity index (χ0n) is 53.9. The average Bonchev–Trinajstić information content (AvgIpc) is 4.42. The summed E-state index contributed by atoms with van der Waals surface area (Å²) in [7, 11) is 0. The van der Waals surface area contributed by atoms with Crippen molar-refractivity contribution >= 4 is 34.4 Å². The minimum absolute atomic E-state index is 0.127. The molecule has 0 radical (unpaired) electrons. The number of rotatable bonds is 6. The van der Waals surface area contributed by atoms with Gasteiger partial charge in [0.1, 0.15) is 0 Å². The van der Waals surface area contributed by atoms with E-state index in [1.54, 1.807) is 4.90 Å². The number of allylic oxidation sites excluding steroid dienone is 18. The molecule has 0 aromatic heterocycles. The molecule has 10 rings (SSSR count). The van der Waals surface area contributed by atoms with Crippen molar-refractivity contribution in [3.63, 3.8) is 0 Å². The Morgan fingerprint density at radius 2 is 1.08 bits per heavy atom. The number of amides is 1. The lowest BCUT2D eigenvalue weighted by molar-refractivity contribution is -0.113. The summed E-state index contributed by atoms with van der Waals surface area (Å²) in [4.78, 5) is 28.7. The van der Waals surface area contributed by atoms with Crippen LogP contribution >= 0.6 is 0 Å². The van der Waals surface area contributed by atoms with Gasteiger partial charge in [0.2, 0.25) is 0 Å². The Morgan fingerprint density at radius 3 is 1.45 bits per heavy atom. The third kappa shape index (κ3) is 22.7. The molecule has 0 N–H and O–H groups in total. The number of fused-ring (bicyclic) bond motifs is 1. The molecule has 6 nitrogen and oxygen atoms in total. The van der Waals surface area contributed by atoms with E-state index in [1.165, 1.54) is 114 Å². The van der Waals surface area contributed by atoms with Gasteiger partial charge in [0.25, 0.3) is 0 Å². The monoisotopic (exact) mass is 1120 g/mol. The van der Waals surface area contributed by atoms with Crippen molar-refractivity contribution in [3.8, 4) is 0 Å². The first-order chi connectivity index (χ1) is 39.1. The minimum atomic E-state index is -0.187. The van der Waals surface area contributed by atoms with Gasteiger partial charge in [-0.2, -0.15) is 0 Å². The van der Waals surface area contributed by atoms with Crippen molar-refractivity contribution < 1.29 is 14.3 Å². The fraction of sp³-hybridized carbons (Fsp3) is 0.377. The van der Waals surface area contributed by atoms with Gasteiger partial charge in [-0.05, 0) is 214 Å². The lowest BCUT2D eigenvalue weighted by Gasteiger charge is -2.36. The summed E-state index contributed by atoms with van der Waals surface area (Å²) in [6, 6.07) is 29.4. The van der Waals surface area contributed by atoms with Crippen LogP contribution in [0.3, 0.4) is 0 Å². The third-order valence-electron chi connectivity index (χ3n) is 15.0. The summed E-state index contributed by atoms with van der Waals surface area (Å²) >= 11 is 0. The number of carbonyl (C=O) groups excluding carboxylic acids is 2. The van der Waals surface area contributed by atoms with Crippen molar-refractivity contribution in [2.45, 2.75) is 155 Å². The quantitative estimate of drug-likeness (QED) is 0.182.